The molecule has 0 atom stereocenters. The Balaban J connectivity index is 1.86. The van der Waals surface area contributed by atoms with Gasteiger partial charge in [-0.25, -0.2) is 9.67 Å². The van der Waals surface area contributed by atoms with Crippen molar-refractivity contribution in [2.45, 2.75) is 6.92 Å². The molecular weight excluding hydrogens is 268 g/mol. The first kappa shape index (κ1) is 13.1. The fourth-order valence-corrected chi connectivity index (χ4v) is 1.93. The normalized spacial score (nSPS) is 11.1. The topological polar surface area (TPSA) is 66.0 Å². The van der Waals surface area contributed by atoms with E-state index in [1.54, 1.807) is 36.5 Å². The molecule has 6 heteroatoms. The maximum absolute atomic E-state index is 5.27. The van der Waals surface area contributed by atoms with Gasteiger partial charge in [-0.05, 0) is 36.8 Å². The van der Waals surface area contributed by atoms with E-state index in [2.05, 4.69) is 15.2 Å². The van der Waals surface area contributed by atoms with E-state index in [9.17, 15) is 0 Å². The van der Waals surface area contributed by atoms with Crippen LogP contribution in [0.4, 0.5) is 0 Å². The third-order valence-corrected chi connectivity index (χ3v) is 2.91. The lowest BCUT2D eigenvalue weighted by Gasteiger charge is -2.03. The smallest absolute Gasteiger partial charge is 0.181 e. The monoisotopic (exact) mass is 282 g/mol. The Hall–Kier alpha value is -2.89. The van der Waals surface area contributed by atoms with E-state index in [-0.39, 0.29) is 0 Å². The van der Waals surface area contributed by atoms with E-state index < -0.39 is 0 Å². The zero-order valence-electron chi connectivity index (χ0n) is 11.7. The average Bonchev–Trinajstić information content (AvgIpc) is 3.15. The van der Waals surface area contributed by atoms with Gasteiger partial charge in [0.2, 0.25) is 0 Å². The highest BCUT2D eigenvalue weighted by Crippen LogP contribution is 2.23. The van der Waals surface area contributed by atoms with Crippen LogP contribution in [0.1, 0.15) is 11.3 Å². The lowest BCUT2D eigenvalue weighted by molar-refractivity contribution is 0.414. The van der Waals surface area contributed by atoms with E-state index >= 15 is 0 Å². The molecule has 2 aromatic heterocycles. The van der Waals surface area contributed by atoms with Gasteiger partial charge in [0.1, 0.15) is 24.0 Å². The van der Waals surface area contributed by atoms with E-state index in [0.29, 0.717) is 5.82 Å². The fourth-order valence-electron chi connectivity index (χ4n) is 1.93. The van der Waals surface area contributed by atoms with Gasteiger partial charge in [0.05, 0.1) is 7.11 Å². The van der Waals surface area contributed by atoms with Gasteiger partial charge in [-0.3, -0.25) is 0 Å². The van der Waals surface area contributed by atoms with Gasteiger partial charge in [-0.2, -0.15) is 0 Å². The minimum absolute atomic E-state index is 0.641. The Morgan fingerprint density at radius 1 is 1.29 bits per heavy atom. The van der Waals surface area contributed by atoms with Crippen LogP contribution in [0, 0.1) is 6.92 Å². The number of hydrogen-bond acceptors (Lipinski definition) is 5. The number of benzene rings is 1. The Labute approximate surface area is 121 Å². The molecule has 0 saturated carbocycles. The number of methoxy groups -OCH3 is 1. The number of hydrogen-bond donors (Lipinski definition) is 0. The first-order valence-corrected chi connectivity index (χ1v) is 6.40. The van der Waals surface area contributed by atoms with Crippen LogP contribution in [0.5, 0.6) is 5.75 Å². The summed E-state index contributed by atoms with van der Waals surface area (Å²) in [7, 11) is 1.64. The van der Waals surface area contributed by atoms with Crippen molar-refractivity contribution in [3.63, 3.8) is 0 Å². The van der Waals surface area contributed by atoms with Crippen LogP contribution in [0.3, 0.4) is 0 Å². The van der Waals surface area contributed by atoms with Crippen LogP contribution in [-0.2, 0) is 0 Å². The van der Waals surface area contributed by atoms with Crippen molar-refractivity contribution < 1.29 is 9.26 Å². The Morgan fingerprint density at radius 2 is 2.19 bits per heavy atom. The lowest BCUT2D eigenvalue weighted by Crippen LogP contribution is -1.90. The zero-order chi connectivity index (χ0) is 14.7. The maximum atomic E-state index is 5.27. The standard InChI is InChI=1S/C15H14N4O2/c1-11-7-12(9-14(8-11)20-2)15-16-10-19(17-15)5-3-13-4-6-21-18-13/h3-10H,1-2H3/b5-3-. The van der Waals surface area contributed by atoms with Crippen LogP contribution in [0.15, 0.2) is 41.4 Å². The molecule has 0 aliphatic rings. The third kappa shape index (κ3) is 3.00. The predicted molar refractivity (Wildman–Crippen MR) is 78.5 cm³/mol. The third-order valence-electron chi connectivity index (χ3n) is 2.91. The van der Waals surface area contributed by atoms with Crippen molar-refractivity contribution >= 4 is 12.3 Å². The maximum Gasteiger partial charge on any atom is 0.181 e. The van der Waals surface area contributed by atoms with Gasteiger partial charge < -0.3 is 9.26 Å². The van der Waals surface area contributed by atoms with Gasteiger partial charge in [0, 0.05) is 17.8 Å². The number of ether oxygens (including phenoxy) is 1. The second kappa shape index (κ2) is 5.62. The fraction of sp³-hybridized carbons (Fsp3) is 0.133. The van der Waals surface area contributed by atoms with Crippen LogP contribution in [0.25, 0.3) is 23.7 Å². The molecule has 0 saturated heterocycles. The summed E-state index contributed by atoms with van der Waals surface area (Å²) in [5.41, 5.74) is 2.74. The molecule has 0 fully saturated rings. The molecule has 3 aromatic rings. The van der Waals surface area contributed by atoms with Crippen molar-refractivity contribution in [3.8, 4) is 17.1 Å². The van der Waals surface area contributed by atoms with Crippen LogP contribution < -0.4 is 4.74 Å². The molecule has 0 unspecified atom stereocenters. The van der Waals surface area contributed by atoms with Crippen LogP contribution in [-0.4, -0.2) is 27.0 Å². The van der Waals surface area contributed by atoms with Crippen LogP contribution >= 0.6 is 0 Å². The molecule has 0 bridgehead atoms. The Bertz CT molecular complexity index is 760. The lowest BCUT2D eigenvalue weighted by atomic mass is 10.1. The molecule has 3 rings (SSSR count). The van der Waals surface area contributed by atoms with E-state index in [1.165, 1.54) is 6.26 Å². The number of aryl methyl sites for hydroxylation is 1. The van der Waals surface area contributed by atoms with E-state index in [1.807, 2.05) is 25.1 Å². The van der Waals surface area contributed by atoms with Crippen molar-refractivity contribution in [2.24, 2.45) is 0 Å². The summed E-state index contributed by atoms with van der Waals surface area (Å²) in [6.07, 6.45) is 6.71. The molecule has 6 nitrogen and oxygen atoms in total. The van der Waals surface area contributed by atoms with Gasteiger partial charge in [0.25, 0.3) is 0 Å². The highest BCUT2D eigenvalue weighted by atomic mass is 16.5. The Morgan fingerprint density at radius 3 is 2.95 bits per heavy atom. The number of aromatic nitrogens is 4. The summed E-state index contributed by atoms with van der Waals surface area (Å²) >= 11 is 0. The second-order valence-electron chi connectivity index (χ2n) is 4.53. The molecule has 0 spiro atoms. The quantitative estimate of drug-likeness (QED) is 0.736. The molecule has 1 aromatic carbocycles. The predicted octanol–water partition coefficient (Wildman–Crippen LogP) is 2.88. The highest BCUT2D eigenvalue weighted by molar-refractivity contribution is 5.60. The van der Waals surface area contributed by atoms with Crippen molar-refractivity contribution in [1.82, 2.24) is 19.9 Å². The molecule has 0 radical (unpaired) electrons. The van der Waals surface area contributed by atoms with Crippen molar-refractivity contribution in [1.29, 1.82) is 0 Å². The number of rotatable bonds is 4. The summed E-state index contributed by atoms with van der Waals surface area (Å²) in [5.74, 6) is 1.43. The molecule has 0 N–H and O–H groups in total. The van der Waals surface area contributed by atoms with E-state index in [4.69, 9.17) is 9.26 Å². The molecule has 106 valence electrons. The Kier molecular flexibility index (Phi) is 3.51. The van der Waals surface area contributed by atoms with Crippen molar-refractivity contribution in [3.05, 3.63) is 48.1 Å². The summed E-state index contributed by atoms with van der Waals surface area (Å²) in [4.78, 5) is 4.30. The second-order valence-corrected chi connectivity index (χ2v) is 4.53. The largest absolute Gasteiger partial charge is 0.497 e. The molecule has 0 amide bonds. The van der Waals surface area contributed by atoms with E-state index in [0.717, 1.165) is 22.6 Å². The summed E-state index contributed by atoms with van der Waals surface area (Å²) in [5, 5.41) is 8.19. The minimum Gasteiger partial charge on any atom is -0.497 e. The minimum atomic E-state index is 0.641. The summed E-state index contributed by atoms with van der Waals surface area (Å²) in [6.45, 7) is 2.01. The summed E-state index contributed by atoms with van der Waals surface area (Å²) < 4.78 is 11.6. The molecular formula is C15H14N4O2. The molecule has 0 aliphatic heterocycles. The van der Waals surface area contributed by atoms with Crippen molar-refractivity contribution in [2.75, 3.05) is 7.11 Å². The van der Waals surface area contributed by atoms with Gasteiger partial charge in [-0.15, -0.1) is 5.10 Å². The van der Waals surface area contributed by atoms with Gasteiger partial charge in [-0.1, -0.05) is 5.16 Å². The van der Waals surface area contributed by atoms with Gasteiger partial charge >= 0.3 is 0 Å². The molecule has 0 aliphatic carbocycles. The highest BCUT2D eigenvalue weighted by Gasteiger charge is 2.06. The SMILES string of the molecule is COc1cc(C)cc(-c2ncn(/C=C\c3ccon3)n2)c1. The molecule has 2 heterocycles. The van der Waals surface area contributed by atoms with Gasteiger partial charge in [0.15, 0.2) is 5.82 Å². The average molecular weight is 282 g/mol. The van der Waals surface area contributed by atoms with Crippen LogP contribution in [0.2, 0.25) is 0 Å². The molecule has 21 heavy (non-hydrogen) atoms. The first-order valence-electron chi connectivity index (χ1n) is 6.40. The zero-order valence-corrected chi connectivity index (χ0v) is 11.7. The first-order chi connectivity index (χ1) is 10.2. The number of nitrogens with zero attached hydrogens (tertiary/aromatic N) is 4. The summed E-state index contributed by atoms with van der Waals surface area (Å²) in [6, 6.07) is 7.66.